The van der Waals surface area contributed by atoms with Crippen LogP contribution in [0.15, 0.2) is 78.0 Å². The normalized spacial score (nSPS) is 11.9. The lowest BCUT2D eigenvalue weighted by molar-refractivity contribution is -0.138. The van der Waals surface area contributed by atoms with Crippen LogP contribution in [0, 0.1) is 0 Å². The number of alkyl halides is 6. The maximum atomic E-state index is 13.4. The second-order valence-electron chi connectivity index (χ2n) is 8.12. The number of nitrogens with one attached hydrogen (secondary N) is 1. The minimum Gasteiger partial charge on any atom is -0.495 e. The van der Waals surface area contributed by atoms with E-state index in [-0.39, 0.29) is 23.3 Å². The number of para-hydroxylation sites is 2. The zero-order valence-corrected chi connectivity index (χ0v) is 21.0. The number of carbonyl (C=O) groups is 1. The van der Waals surface area contributed by atoms with Crippen LogP contribution in [0.5, 0.6) is 5.75 Å². The van der Waals surface area contributed by atoms with Crippen LogP contribution in [0.25, 0.3) is 5.69 Å². The van der Waals surface area contributed by atoms with E-state index in [0.29, 0.717) is 17.0 Å². The van der Waals surface area contributed by atoms with Crippen LogP contribution in [0.4, 0.5) is 26.3 Å². The van der Waals surface area contributed by atoms with E-state index in [2.05, 4.69) is 15.5 Å². The first kappa shape index (κ1) is 28.0. The lowest BCUT2D eigenvalue weighted by Crippen LogP contribution is -2.27. The second kappa shape index (κ2) is 11.4. The van der Waals surface area contributed by atoms with Gasteiger partial charge in [-0.05, 0) is 35.9 Å². The minimum atomic E-state index is -4.72. The molecule has 0 aliphatic carbocycles. The summed E-state index contributed by atoms with van der Waals surface area (Å²) < 4.78 is 86.4. The number of benzene rings is 3. The molecule has 0 bridgehead atoms. The number of hydrogen-bond acceptors (Lipinski definition) is 5. The Balaban J connectivity index is 1.63. The van der Waals surface area contributed by atoms with Crippen LogP contribution in [-0.2, 0) is 24.7 Å². The van der Waals surface area contributed by atoms with E-state index in [9.17, 15) is 31.1 Å². The Morgan fingerprint density at radius 2 is 1.64 bits per heavy atom. The molecule has 1 amide bonds. The van der Waals surface area contributed by atoms with Gasteiger partial charge in [0.05, 0.1) is 36.0 Å². The van der Waals surface area contributed by atoms with E-state index in [0.717, 1.165) is 36.0 Å². The molecular weight excluding hydrogens is 546 g/mol. The molecule has 0 fully saturated rings. The number of halogens is 6. The maximum Gasteiger partial charge on any atom is 0.417 e. The van der Waals surface area contributed by atoms with Gasteiger partial charge in [-0.15, -0.1) is 10.2 Å². The van der Waals surface area contributed by atoms with Crippen molar-refractivity contribution in [2.24, 2.45) is 0 Å². The summed E-state index contributed by atoms with van der Waals surface area (Å²) in [6.07, 6.45) is -9.22. The highest BCUT2D eigenvalue weighted by Gasteiger charge is 2.35. The van der Waals surface area contributed by atoms with Crippen LogP contribution in [-0.4, -0.2) is 27.8 Å². The van der Waals surface area contributed by atoms with Crippen molar-refractivity contribution in [3.8, 4) is 11.4 Å². The molecule has 1 heterocycles. The van der Waals surface area contributed by atoms with Gasteiger partial charge < -0.3 is 10.1 Å². The molecule has 39 heavy (non-hydrogen) atoms. The van der Waals surface area contributed by atoms with Crippen molar-refractivity contribution in [1.82, 2.24) is 20.1 Å². The van der Waals surface area contributed by atoms with Crippen LogP contribution >= 0.6 is 11.8 Å². The Morgan fingerprint density at radius 1 is 0.923 bits per heavy atom. The predicted octanol–water partition coefficient (Wildman–Crippen LogP) is 6.54. The maximum absolute atomic E-state index is 13.4. The number of carbonyl (C=O) groups excluding carboxylic acids is 1. The Labute approximate surface area is 223 Å². The number of aromatic nitrogens is 3. The Hall–Kier alpha value is -4.00. The molecular formula is C26H20F6N4O2S. The largest absolute Gasteiger partial charge is 0.495 e. The van der Waals surface area contributed by atoms with Gasteiger partial charge in [0, 0.05) is 5.75 Å². The monoisotopic (exact) mass is 566 g/mol. The molecule has 204 valence electrons. The van der Waals surface area contributed by atoms with Crippen LogP contribution in [0.3, 0.4) is 0 Å². The van der Waals surface area contributed by atoms with Gasteiger partial charge in [0.2, 0.25) is 0 Å². The van der Waals surface area contributed by atoms with Crippen molar-refractivity contribution in [2.75, 3.05) is 7.11 Å². The Bertz CT molecular complexity index is 1470. The molecule has 0 aliphatic rings. The number of hydrogen-bond donors (Lipinski definition) is 1. The Morgan fingerprint density at radius 3 is 2.36 bits per heavy atom. The van der Waals surface area contributed by atoms with Crippen molar-refractivity contribution >= 4 is 17.7 Å². The summed E-state index contributed by atoms with van der Waals surface area (Å²) in [5.41, 5.74) is -1.55. The molecule has 0 aliphatic heterocycles. The molecule has 1 aromatic heterocycles. The summed E-state index contributed by atoms with van der Waals surface area (Å²) in [7, 11) is 1.44. The molecule has 0 unspecified atom stereocenters. The van der Waals surface area contributed by atoms with Crippen LogP contribution in [0.2, 0.25) is 0 Å². The Kier molecular flexibility index (Phi) is 8.19. The summed E-state index contributed by atoms with van der Waals surface area (Å²) in [4.78, 5) is 12.7. The van der Waals surface area contributed by atoms with Crippen molar-refractivity contribution in [3.63, 3.8) is 0 Å². The molecule has 4 aromatic rings. The molecule has 0 spiro atoms. The highest BCUT2D eigenvalue weighted by molar-refractivity contribution is 7.98. The zero-order chi connectivity index (χ0) is 28.2. The molecule has 4 rings (SSSR count). The van der Waals surface area contributed by atoms with E-state index in [4.69, 9.17) is 4.74 Å². The smallest absolute Gasteiger partial charge is 0.417 e. The van der Waals surface area contributed by atoms with Gasteiger partial charge in [0.15, 0.2) is 11.0 Å². The SMILES string of the molecule is COc1ccccc1-n1c(CNC(=O)c2ccccc2C(F)(F)F)nnc1SCc1cccc(C(F)(F)F)c1. The summed E-state index contributed by atoms with van der Waals surface area (Å²) >= 11 is 1.10. The van der Waals surface area contributed by atoms with Gasteiger partial charge in [-0.3, -0.25) is 9.36 Å². The average molecular weight is 567 g/mol. The van der Waals surface area contributed by atoms with Gasteiger partial charge in [-0.1, -0.05) is 54.2 Å². The van der Waals surface area contributed by atoms with Crippen molar-refractivity contribution < 1.29 is 35.9 Å². The molecule has 13 heteroatoms. The molecule has 1 N–H and O–H groups in total. The van der Waals surface area contributed by atoms with E-state index < -0.39 is 35.0 Å². The number of nitrogens with zero attached hydrogens (tertiary/aromatic N) is 3. The molecule has 6 nitrogen and oxygen atoms in total. The number of thioether (sulfide) groups is 1. The third-order valence-corrected chi connectivity index (χ3v) is 6.53. The summed E-state index contributed by atoms with van der Waals surface area (Å²) in [5.74, 6) is -0.268. The quantitative estimate of drug-likeness (QED) is 0.194. The fourth-order valence-corrected chi connectivity index (χ4v) is 4.64. The molecule has 0 radical (unpaired) electrons. The standard InChI is InChI=1S/C26H20F6N4O2S/c1-38-21-12-5-4-11-20(21)36-22(14-33-23(37)18-9-2-3-10-19(18)26(30,31)32)34-35-24(36)39-15-16-7-6-8-17(13-16)25(27,28)29/h2-13H,14-15H2,1H3,(H,33,37). The lowest BCUT2D eigenvalue weighted by Gasteiger charge is -2.15. The lowest BCUT2D eigenvalue weighted by atomic mass is 10.1. The van der Waals surface area contributed by atoms with Gasteiger partial charge in [-0.25, -0.2) is 0 Å². The van der Waals surface area contributed by atoms with Gasteiger partial charge in [-0.2, -0.15) is 26.3 Å². The fourth-order valence-electron chi connectivity index (χ4n) is 3.73. The molecule has 0 saturated heterocycles. The van der Waals surface area contributed by atoms with E-state index >= 15 is 0 Å². The third-order valence-electron chi connectivity index (χ3n) is 5.53. The summed E-state index contributed by atoms with van der Waals surface area (Å²) in [6, 6.07) is 16.0. The van der Waals surface area contributed by atoms with Crippen molar-refractivity contribution in [3.05, 3.63) is 101 Å². The first-order valence-electron chi connectivity index (χ1n) is 11.3. The number of rotatable bonds is 8. The second-order valence-corrected chi connectivity index (χ2v) is 9.06. The molecule has 3 aromatic carbocycles. The highest BCUT2D eigenvalue weighted by Crippen LogP contribution is 2.34. The molecule has 0 atom stereocenters. The average Bonchev–Trinajstić information content (AvgIpc) is 3.32. The van der Waals surface area contributed by atoms with E-state index in [1.54, 1.807) is 30.3 Å². The zero-order valence-electron chi connectivity index (χ0n) is 20.2. The number of methoxy groups -OCH3 is 1. The van der Waals surface area contributed by atoms with E-state index in [1.807, 2.05) is 0 Å². The van der Waals surface area contributed by atoms with E-state index in [1.165, 1.54) is 29.9 Å². The predicted molar refractivity (Wildman–Crippen MR) is 132 cm³/mol. The highest BCUT2D eigenvalue weighted by atomic mass is 32.2. The van der Waals surface area contributed by atoms with Gasteiger partial charge in [0.1, 0.15) is 5.75 Å². The van der Waals surface area contributed by atoms with Crippen LogP contribution < -0.4 is 10.1 Å². The number of amides is 1. The van der Waals surface area contributed by atoms with Gasteiger partial charge >= 0.3 is 12.4 Å². The summed E-state index contributed by atoms with van der Waals surface area (Å²) in [5, 5.41) is 10.9. The summed E-state index contributed by atoms with van der Waals surface area (Å²) in [6.45, 7) is -0.291. The molecule has 0 saturated carbocycles. The topological polar surface area (TPSA) is 69.0 Å². The number of ether oxygens (including phenoxy) is 1. The van der Waals surface area contributed by atoms with Crippen molar-refractivity contribution in [2.45, 2.75) is 29.8 Å². The van der Waals surface area contributed by atoms with Gasteiger partial charge in [0.25, 0.3) is 5.91 Å². The van der Waals surface area contributed by atoms with Crippen molar-refractivity contribution in [1.29, 1.82) is 0 Å². The third kappa shape index (κ3) is 6.53. The minimum absolute atomic E-state index is 0.114. The first-order valence-corrected chi connectivity index (χ1v) is 12.3. The first-order chi connectivity index (χ1) is 18.5. The van der Waals surface area contributed by atoms with Crippen LogP contribution in [0.1, 0.15) is 32.9 Å². The fraction of sp³-hybridized carbons (Fsp3) is 0.192.